The lowest BCUT2D eigenvalue weighted by Crippen LogP contribution is -2.48. The maximum absolute atomic E-state index is 11.7. The minimum atomic E-state index is 0.0852. The van der Waals surface area contributed by atoms with Gasteiger partial charge in [0.1, 0.15) is 0 Å². The number of amides is 1. The van der Waals surface area contributed by atoms with Crippen molar-refractivity contribution in [2.45, 2.75) is 20.3 Å². The number of carbonyl (C=O) groups excluding carboxylic acids is 1. The first kappa shape index (κ1) is 12.1. The highest BCUT2D eigenvalue weighted by Gasteiger charge is 2.33. The zero-order chi connectivity index (χ0) is 12.3. The van der Waals surface area contributed by atoms with Crippen LogP contribution in [0, 0.1) is 12.3 Å². The molecule has 1 aromatic carbocycles. The SMILES string of the molecule is Cc1ccc(CC(=O)NCC2(C)COC2)cc1. The highest BCUT2D eigenvalue weighted by atomic mass is 16.5. The molecule has 0 aliphatic carbocycles. The molecule has 0 saturated carbocycles. The van der Waals surface area contributed by atoms with Crippen LogP contribution in [0.25, 0.3) is 0 Å². The molecule has 0 unspecified atom stereocenters. The van der Waals surface area contributed by atoms with Gasteiger partial charge >= 0.3 is 0 Å². The van der Waals surface area contributed by atoms with Gasteiger partial charge in [-0.2, -0.15) is 0 Å². The first-order chi connectivity index (χ1) is 8.07. The molecule has 3 nitrogen and oxygen atoms in total. The largest absolute Gasteiger partial charge is 0.380 e. The normalized spacial score (nSPS) is 17.3. The van der Waals surface area contributed by atoms with Gasteiger partial charge in [0.15, 0.2) is 0 Å². The maximum Gasteiger partial charge on any atom is 0.224 e. The van der Waals surface area contributed by atoms with E-state index >= 15 is 0 Å². The van der Waals surface area contributed by atoms with Crippen LogP contribution in [0.3, 0.4) is 0 Å². The average molecular weight is 233 g/mol. The molecule has 1 N–H and O–H groups in total. The predicted molar refractivity (Wildman–Crippen MR) is 66.8 cm³/mol. The molecule has 0 spiro atoms. The van der Waals surface area contributed by atoms with E-state index in [4.69, 9.17) is 4.74 Å². The zero-order valence-corrected chi connectivity index (χ0v) is 10.5. The van der Waals surface area contributed by atoms with Crippen LogP contribution in [0.5, 0.6) is 0 Å². The Morgan fingerprint density at radius 1 is 1.35 bits per heavy atom. The molecule has 0 radical (unpaired) electrons. The highest BCUT2D eigenvalue weighted by Crippen LogP contribution is 2.24. The first-order valence-corrected chi connectivity index (χ1v) is 5.97. The topological polar surface area (TPSA) is 38.3 Å². The Hall–Kier alpha value is -1.35. The van der Waals surface area contributed by atoms with E-state index in [1.54, 1.807) is 0 Å². The van der Waals surface area contributed by atoms with Crippen molar-refractivity contribution in [2.24, 2.45) is 5.41 Å². The number of hydrogen-bond acceptors (Lipinski definition) is 2. The summed E-state index contributed by atoms with van der Waals surface area (Å²) in [7, 11) is 0. The van der Waals surface area contributed by atoms with Crippen LogP contribution in [0.15, 0.2) is 24.3 Å². The van der Waals surface area contributed by atoms with E-state index in [1.807, 2.05) is 31.2 Å². The molecule has 0 atom stereocenters. The van der Waals surface area contributed by atoms with Crippen molar-refractivity contribution < 1.29 is 9.53 Å². The van der Waals surface area contributed by atoms with Crippen molar-refractivity contribution in [3.8, 4) is 0 Å². The Kier molecular flexibility index (Phi) is 3.48. The van der Waals surface area contributed by atoms with Gasteiger partial charge in [0.25, 0.3) is 0 Å². The van der Waals surface area contributed by atoms with Gasteiger partial charge in [-0.3, -0.25) is 4.79 Å². The second-order valence-corrected chi connectivity index (χ2v) is 5.24. The van der Waals surface area contributed by atoms with Gasteiger partial charge in [-0.15, -0.1) is 0 Å². The summed E-state index contributed by atoms with van der Waals surface area (Å²) in [6.45, 7) is 6.37. The third-order valence-corrected chi connectivity index (χ3v) is 3.10. The minimum absolute atomic E-state index is 0.0852. The number of benzene rings is 1. The van der Waals surface area contributed by atoms with Gasteiger partial charge in [0, 0.05) is 12.0 Å². The molecule has 1 aliphatic rings. The Morgan fingerprint density at radius 3 is 2.53 bits per heavy atom. The maximum atomic E-state index is 11.7. The Balaban J connectivity index is 1.79. The molecule has 1 amide bonds. The molecule has 1 heterocycles. The Bertz CT molecular complexity index is 393. The van der Waals surface area contributed by atoms with E-state index in [2.05, 4.69) is 12.2 Å². The Morgan fingerprint density at radius 2 is 2.00 bits per heavy atom. The molecule has 2 rings (SSSR count). The number of aryl methyl sites for hydroxylation is 1. The van der Waals surface area contributed by atoms with Crippen molar-refractivity contribution in [3.63, 3.8) is 0 Å². The summed E-state index contributed by atoms with van der Waals surface area (Å²) >= 11 is 0. The summed E-state index contributed by atoms with van der Waals surface area (Å²) < 4.78 is 5.15. The molecule has 0 aromatic heterocycles. The van der Waals surface area contributed by atoms with E-state index in [9.17, 15) is 4.79 Å². The van der Waals surface area contributed by atoms with E-state index in [0.717, 1.165) is 18.8 Å². The van der Waals surface area contributed by atoms with Crippen LogP contribution in [0.2, 0.25) is 0 Å². The first-order valence-electron chi connectivity index (χ1n) is 5.97. The van der Waals surface area contributed by atoms with Crippen LogP contribution in [0.4, 0.5) is 0 Å². The van der Waals surface area contributed by atoms with Crippen LogP contribution < -0.4 is 5.32 Å². The molecule has 1 aliphatic heterocycles. The van der Waals surface area contributed by atoms with Gasteiger partial charge in [0.05, 0.1) is 19.6 Å². The lowest BCUT2D eigenvalue weighted by atomic mass is 9.89. The second-order valence-electron chi connectivity index (χ2n) is 5.24. The molecular formula is C14H19NO2. The van der Waals surface area contributed by atoms with E-state index in [-0.39, 0.29) is 11.3 Å². The average Bonchev–Trinajstić information content (AvgIpc) is 2.27. The van der Waals surface area contributed by atoms with Gasteiger partial charge in [-0.25, -0.2) is 0 Å². The van der Waals surface area contributed by atoms with E-state index in [1.165, 1.54) is 5.56 Å². The molecule has 17 heavy (non-hydrogen) atoms. The predicted octanol–water partition coefficient (Wildman–Crippen LogP) is 1.69. The van der Waals surface area contributed by atoms with Crippen molar-refractivity contribution in [1.29, 1.82) is 0 Å². The summed E-state index contributed by atoms with van der Waals surface area (Å²) in [5.74, 6) is 0.0852. The third kappa shape index (κ3) is 3.30. The number of rotatable bonds is 4. The van der Waals surface area contributed by atoms with E-state index in [0.29, 0.717) is 13.0 Å². The van der Waals surface area contributed by atoms with Crippen molar-refractivity contribution in [3.05, 3.63) is 35.4 Å². The van der Waals surface area contributed by atoms with Crippen molar-refractivity contribution in [1.82, 2.24) is 5.32 Å². The highest BCUT2D eigenvalue weighted by molar-refractivity contribution is 5.78. The zero-order valence-electron chi connectivity index (χ0n) is 10.5. The van der Waals surface area contributed by atoms with E-state index < -0.39 is 0 Å². The number of carbonyl (C=O) groups is 1. The standard InChI is InChI=1S/C14H19NO2/c1-11-3-5-12(6-4-11)7-13(16)15-8-14(2)9-17-10-14/h3-6H,7-10H2,1-2H3,(H,15,16). The molecule has 0 bridgehead atoms. The molecule has 1 saturated heterocycles. The lowest BCUT2D eigenvalue weighted by Gasteiger charge is -2.38. The molecular weight excluding hydrogens is 214 g/mol. The van der Waals surface area contributed by atoms with Crippen molar-refractivity contribution in [2.75, 3.05) is 19.8 Å². The minimum Gasteiger partial charge on any atom is -0.380 e. The number of ether oxygens (including phenoxy) is 1. The molecule has 3 heteroatoms. The smallest absolute Gasteiger partial charge is 0.224 e. The Labute approximate surface area is 102 Å². The van der Waals surface area contributed by atoms with Gasteiger partial charge < -0.3 is 10.1 Å². The monoisotopic (exact) mass is 233 g/mol. The van der Waals surface area contributed by atoms with Crippen LogP contribution in [-0.2, 0) is 16.0 Å². The fraction of sp³-hybridized carbons (Fsp3) is 0.500. The summed E-state index contributed by atoms with van der Waals surface area (Å²) in [4.78, 5) is 11.7. The summed E-state index contributed by atoms with van der Waals surface area (Å²) in [6.07, 6.45) is 0.456. The summed E-state index contributed by atoms with van der Waals surface area (Å²) in [6, 6.07) is 8.07. The van der Waals surface area contributed by atoms with Gasteiger partial charge in [-0.05, 0) is 12.5 Å². The number of nitrogens with one attached hydrogen (secondary N) is 1. The molecule has 1 aromatic rings. The van der Waals surface area contributed by atoms with Crippen LogP contribution in [0.1, 0.15) is 18.1 Å². The third-order valence-electron chi connectivity index (χ3n) is 3.10. The van der Waals surface area contributed by atoms with Crippen molar-refractivity contribution >= 4 is 5.91 Å². The summed E-state index contributed by atoms with van der Waals surface area (Å²) in [5, 5.41) is 2.97. The van der Waals surface area contributed by atoms with Crippen LogP contribution >= 0.6 is 0 Å². The quantitative estimate of drug-likeness (QED) is 0.859. The van der Waals surface area contributed by atoms with Crippen LogP contribution in [-0.4, -0.2) is 25.7 Å². The second kappa shape index (κ2) is 4.88. The summed E-state index contributed by atoms with van der Waals surface area (Å²) in [5.41, 5.74) is 2.42. The fourth-order valence-corrected chi connectivity index (χ4v) is 1.82. The number of hydrogen-bond donors (Lipinski definition) is 1. The van der Waals surface area contributed by atoms with Gasteiger partial charge in [0.2, 0.25) is 5.91 Å². The fourth-order valence-electron chi connectivity index (χ4n) is 1.82. The van der Waals surface area contributed by atoms with Gasteiger partial charge in [-0.1, -0.05) is 36.8 Å². The molecule has 92 valence electrons. The molecule has 1 fully saturated rings. The lowest BCUT2D eigenvalue weighted by molar-refractivity contribution is -0.126.